The molecule has 0 heterocycles. The molecule has 1 aromatic rings. The summed E-state index contributed by atoms with van der Waals surface area (Å²) in [6.45, 7) is 4.35. The summed E-state index contributed by atoms with van der Waals surface area (Å²) in [6, 6.07) is 3.04. The van der Waals surface area contributed by atoms with Gasteiger partial charge in [-0.3, -0.25) is 4.79 Å². The lowest BCUT2D eigenvalue weighted by molar-refractivity contribution is -0.118. The van der Waals surface area contributed by atoms with Gasteiger partial charge >= 0.3 is 0 Å². The van der Waals surface area contributed by atoms with Crippen molar-refractivity contribution in [2.75, 3.05) is 13.1 Å². The predicted octanol–water partition coefficient (Wildman–Crippen LogP) is 1.50. The molecule has 0 radical (unpaired) electrons. The second-order valence-corrected chi connectivity index (χ2v) is 4.70. The Labute approximate surface area is 117 Å². The van der Waals surface area contributed by atoms with Crippen molar-refractivity contribution in [3.63, 3.8) is 0 Å². The highest BCUT2D eigenvalue weighted by molar-refractivity contribution is 5.72. The van der Waals surface area contributed by atoms with Gasteiger partial charge in [0.2, 0.25) is 5.91 Å². The van der Waals surface area contributed by atoms with Crippen LogP contribution < -0.4 is 10.6 Å². The van der Waals surface area contributed by atoms with Gasteiger partial charge in [0, 0.05) is 19.5 Å². The topological polar surface area (TPSA) is 61.4 Å². The van der Waals surface area contributed by atoms with E-state index in [0.717, 1.165) is 12.1 Å². The zero-order valence-electron chi connectivity index (χ0n) is 11.6. The van der Waals surface area contributed by atoms with Gasteiger partial charge in [-0.05, 0) is 37.6 Å². The van der Waals surface area contributed by atoms with E-state index < -0.39 is 17.7 Å². The van der Waals surface area contributed by atoms with Crippen LogP contribution in [0.4, 0.5) is 8.78 Å². The SMILES string of the molecule is CC(=O)NCCCNC(C)C(O)c1ccc(F)c(F)c1. The molecule has 0 fully saturated rings. The highest BCUT2D eigenvalue weighted by Gasteiger charge is 2.17. The van der Waals surface area contributed by atoms with Gasteiger partial charge in [0.1, 0.15) is 0 Å². The van der Waals surface area contributed by atoms with E-state index in [4.69, 9.17) is 0 Å². The maximum Gasteiger partial charge on any atom is 0.216 e. The van der Waals surface area contributed by atoms with Crippen LogP contribution in [0.3, 0.4) is 0 Å². The lowest BCUT2D eigenvalue weighted by Crippen LogP contribution is -2.34. The molecule has 1 aromatic carbocycles. The molecule has 0 spiro atoms. The third-order valence-electron chi connectivity index (χ3n) is 2.95. The summed E-state index contributed by atoms with van der Waals surface area (Å²) >= 11 is 0. The number of amides is 1. The Hall–Kier alpha value is -1.53. The van der Waals surface area contributed by atoms with Crippen LogP contribution in [0.5, 0.6) is 0 Å². The van der Waals surface area contributed by atoms with Crippen LogP contribution in [0, 0.1) is 11.6 Å². The molecule has 0 bridgehead atoms. The summed E-state index contributed by atoms with van der Waals surface area (Å²) in [5.74, 6) is -1.99. The highest BCUT2D eigenvalue weighted by Crippen LogP contribution is 2.19. The minimum atomic E-state index is -0.973. The molecular formula is C14H20F2N2O2. The quantitative estimate of drug-likeness (QED) is 0.666. The van der Waals surface area contributed by atoms with Crippen LogP contribution in [0.15, 0.2) is 18.2 Å². The average Bonchev–Trinajstić information content (AvgIpc) is 2.40. The largest absolute Gasteiger partial charge is 0.387 e. The molecule has 6 heteroatoms. The second-order valence-electron chi connectivity index (χ2n) is 4.70. The number of benzene rings is 1. The van der Waals surface area contributed by atoms with E-state index in [1.54, 1.807) is 6.92 Å². The highest BCUT2D eigenvalue weighted by atomic mass is 19.2. The first-order chi connectivity index (χ1) is 9.41. The van der Waals surface area contributed by atoms with Gasteiger partial charge in [-0.2, -0.15) is 0 Å². The van der Waals surface area contributed by atoms with E-state index in [-0.39, 0.29) is 11.9 Å². The number of rotatable bonds is 7. The molecule has 0 aliphatic heterocycles. The predicted molar refractivity (Wildman–Crippen MR) is 72.1 cm³/mol. The maximum absolute atomic E-state index is 13.1. The first-order valence-corrected chi connectivity index (χ1v) is 6.52. The smallest absolute Gasteiger partial charge is 0.216 e. The van der Waals surface area contributed by atoms with Crippen molar-refractivity contribution in [3.05, 3.63) is 35.4 Å². The summed E-state index contributed by atoms with van der Waals surface area (Å²) in [5, 5.41) is 15.8. The van der Waals surface area contributed by atoms with Gasteiger partial charge in [0.25, 0.3) is 0 Å². The molecule has 0 aliphatic rings. The molecule has 2 atom stereocenters. The molecule has 1 amide bonds. The first kappa shape index (κ1) is 16.5. The van der Waals surface area contributed by atoms with Gasteiger partial charge < -0.3 is 15.7 Å². The molecule has 112 valence electrons. The molecule has 0 saturated carbocycles. The Balaban J connectivity index is 2.40. The number of aliphatic hydroxyl groups is 1. The molecule has 4 nitrogen and oxygen atoms in total. The van der Waals surface area contributed by atoms with Gasteiger partial charge in [0.05, 0.1) is 6.10 Å². The number of nitrogens with one attached hydrogen (secondary N) is 2. The van der Waals surface area contributed by atoms with Crippen LogP contribution in [0.2, 0.25) is 0 Å². The van der Waals surface area contributed by atoms with Crippen LogP contribution in [-0.2, 0) is 4.79 Å². The van der Waals surface area contributed by atoms with Crippen molar-refractivity contribution in [2.24, 2.45) is 0 Å². The minimum absolute atomic E-state index is 0.0835. The number of carbonyl (C=O) groups excluding carboxylic acids is 1. The molecule has 2 unspecified atom stereocenters. The van der Waals surface area contributed by atoms with Gasteiger partial charge in [-0.15, -0.1) is 0 Å². The number of aliphatic hydroxyl groups excluding tert-OH is 1. The molecule has 20 heavy (non-hydrogen) atoms. The van der Waals surface area contributed by atoms with E-state index in [0.29, 0.717) is 25.1 Å². The Morgan fingerprint density at radius 2 is 2.00 bits per heavy atom. The first-order valence-electron chi connectivity index (χ1n) is 6.52. The third-order valence-corrected chi connectivity index (χ3v) is 2.95. The van der Waals surface area contributed by atoms with Crippen molar-refractivity contribution in [1.82, 2.24) is 10.6 Å². The molecule has 0 saturated heterocycles. The van der Waals surface area contributed by atoms with E-state index >= 15 is 0 Å². The number of carbonyl (C=O) groups is 1. The minimum Gasteiger partial charge on any atom is -0.387 e. The lowest BCUT2D eigenvalue weighted by Gasteiger charge is -2.20. The summed E-state index contributed by atoms with van der Waals surface area (Å²) in [4.78, 5) is 10.7. The van der Waals surface area contributed by atoms with Gasteiger partial charge in [-0.25, -0.2) is 8.78 Å². The Kier molecular flexibility index (Phi) is 6.54. The van der Waals surface area contributed by atoms with E-state index in [2.05, 4.69) is 10.6 Å². The average molecular weight is 286 g/mol. The molecule has 0 aliphatic carbocycles. The molecule has 1 rings (SSSR count). The zero-order chi connectivity index (χ0) is 15.1. The van der Waals surface area contributed by atoms with E-state index in [9.17, 15) is 18.7 Å². The van der Waals surface area contributed by atoms with Crippen molar-refractivity contribution >= 4 is 5.91 Å². The maximum atomic E-state index is 13.1. The van der Waals surface area contributed by atoms with Crippen LogP contribution in [-0.4, -0.2) is 30.1 Å². The monoisotopic (exact) mass is 286 g/mol. The summed E-state index contributed by atoms with van der Waals surface area (Å²) in [7, 11) is 0. The fourth-order valence-corrected chi connectivity index (χ4v) is 1.78. The lowest BCUT2D eigenvalue weighted by atomic mass is 10.0. The zero-order valence-corrected chi connectivity index (χ0v) is 11.6. The van der Waals surface area contributed by atoms with Crippen LogP contribution in [0.1, 0.15) is 31.9 Å². The fourth-order valence-electron chi connectivity index (χ4n) is 1.78. The third kappa shape index (κ3) is 5.22. The second kappa shape index (κ2) is 7.91. The van der Waals surface area contributed by atoms with Gasteiger partial charge in [-0.1, -0.05) is 6.07 Å². The Morgan fingerprint density at radius 3 is 2.60 bits per heavy atom. The fraction of sp³-hybridized carbons (Fsp3) is 0.500. The summed E-state index contributed by atoms with van der Waals surface area (Å²) in [5.41, 5.74) is 0.325. The summed E-state index contributed by atoms with van der Waals surface area (Å²) < 4.78 is 25.9. The Bertz CT molecular complexity index is 455. The normalized spacial score (nSPS) is 13.8. The number of halogens is 2. The van der Waals surface area contributed by atoms with Gasteiger partial charge in [0.15, 0.2) is 11.6 Å². The van der Waals surface area contributed by atoms with E-state index in [1.807, 2.05) is 0 Å². The summed E-state index contributed by atoms with van der Waals surface area (Å²) in [6.07, 6.45) is -0.208. The Morgan fingerprint density at radius 1 is 1.30 bits per heavy atom. The number of hydrogen-bond acceptors (Lipinski definition) is 3. The molecule has 0 aromatic heterocycles. The van der Waals surface area contributed by atoms with Crippen molar-refractivity contribution in [1.29, 1.82) is 0 Å². The van der Waals surface area contributed by atoms with Crippen LogP contribution in [0.25, 0.3) is 0 Å². The standard InChI is InChI=1S/C14H20F2N2O2/c1-9(17-6-3-7-18-10(2)19)14(20)11-4-5-12(15)13(16)8-11/h4-5,8-9,14,17,20H,3,6-7H2,1-2H3,(H,18,19). The molecular weight excluding hydrogens is 266 g/mol. The van der Waals surface area contributed by atoms with Crippen LogP contribution >= 0.6 is 0 Å². The van der Waals surface area contributed by atoms with Crippen molar-refractivity contribution in [3.8, 4) is 0 Å². The van der Waals surface area contributed by atoms with Crippen molar-refractivity contribution in [2.45, 2.75) is 32.4 Å². The molecule has 3 N–H and O–H groups in total. The number of hydrogen-bond donors (Lipinski definition) is 3. The van der Waals surface area contributed by atoms with E-state index in [1.165, 1.54) is 13.0 Å². The van der Waals surface area contributed by atoms with Crippen molar-refractivity contribution < 1.29 is 18.7 Å².